The fraction of sp³-hybridized carbons (Fsp3) is 0.600. The van der Waals surface area contributed by atoms with Crippen LogP contribution in [0.15, 0.2) is 18.5 Å². The van der Waals surface area contributed by atoms with Crippen molar-refractivity contribution in [1.82, 2.24) is 29.5 Å². The Morgan fingerprint density at radius 2 is 1.94 bits per heavy atom. The molecule has 0 bridgehead atoms. The van der Waals surface area contributed by atoms with E-state index in [4.69, 9.17) is 10.7 Å². The van der Waals surface area contributed by atoms with Crippen molar-refractivity contribution >= 4 is 23.2 Å². The zero-order chi connectivity index (χ0) is 25.8. The molecule has 0 saturated carbocycles. The maximum Gasteiger partial charge on any atom is 0.258 e. The van der Waals surface area contributed by atoms with Crippen molar-refractivity contribution in [3.8, 4) is 0 Å². The van der Waals surface area contributed by atoms with Gasteiger partial charge in [-0.05, 0) is 57.3 Å². The highest BCUT2D eigenvalue weighted by Crippen LogP contribution is 2.26. The van der Waals surface area contributed by atoms with E-state index in [0.717, 1.165) is 48.2 Å². The number of fused-ring (bicyclic) bond motifs is 1. The van der Waals surface area contributed by atoms with Crippen molar-refractivity contribution in [2.45, 2.75) is 58.4 Å². The standard InChI is InChI=1S/C25H37F2N9/c1-5-6-20(21(26)27)31-25-32-22(28)24-30-14-19(36(24)33-25)12-18-11-16(2)23(29-13-18)35-9-7-17(8-10-35)15-34(3)4/h11,13-14,17,20-21H,5-10,12,15H2,1-4H3,(H3,28,31,32,33)/t20-/m0/s1. The van der Waals surface area contributed by atoms with Gasteiger partial charge in [0.25, 0.3) is 6.43 Å². The minimum atomic E-state index is -2.53. The van der Waals surface area contributed by atoms with Gasteiger partial charge >= 0.3 is 0 Å². The molecule has 3 N–H and O–H groups in total. The Balaban J connectivity index is 1.49. The van der Waals surface area contributed by atoms with Gasteiger partial charge in [-0.3, -0.25) is 0 Å². The van der Waals surface area contributed by atoms with E-state index in [2.05, 4.69) is 57.3 Å². The fourth-order valence-electron chi connectivity index (χ4n) is 4.97. The average molecular weight is 502 g/mol. The lowest BCUT2D eigenvalue weighted by Gasteiger charge is -2.34. The third-order valence-electron chi connectivity index (χ3n) is 6.71. The van der Waals surface area contributed by atoms with Crippen LogP contribution in [0, 0.1) is 12.8 Å². The topological polar surface area (TPSA) is 100 Å². The van der Waals surface area contributed by atoms with Gasteiger partial charge < -0.3 is 20.9 Å². The van der Waals surface area contributed by atoms with Crippen LogP contribution >= 0.6 is 0 Å². The molecule has 1 aliphatic rings. The number of pyridine rings is 1. The summed E-state index contributed by atoms with van der Waals surface area (Å²) in [6, 6.07) is 1.11. The van der Waals surface area contributed by atoms with E-state index in [1.807, 2.05) is 13.1 Å². The molecule has 196 valence electrons. The van der Waals surface area contributed by atoms with Crippen LogP contribution in [0.4, 0.5) is 26.4 Å². The number of hydrogen-bond acceptors (Lipinski definition) is 8. The highest BCUT2D eigenvalue weighted by Gasteiger charge is 2.23. The summed E-state index contributed by atoms with van der Waals surface area (Å²) in [5.41, 5.74) is 9.40. The van der Waals surface area contributed by atoms with Crippen LogP contribution < -0.4 is 16.0 Å². The van der Waals surface area contributed by atoms with Crippen molar-refractivity contribution in [1.29, 1.82) is 0 Å². The molecule has 1 aliphatic heterocycles. The number of rotatable bonds is 10. The summed E-state index contributed by atoms with van der Waals surface area (Å²) < 4.78 is 28.4. The number of imidazole rings is 1. The van der Waals surface area contributed by atoms with Crippen molar-refractivity contribution in [3.63, 3.8) is 0 Å². The van der Waals surface area contributed by atoms with Gasteiger partial charge in [-0.15, -0.1) is 5.10 Å². The average Bonchev–Trinajstić information content (AvgIpc) is 3.22. The smallest absolute Gasteiger partial charge is 0.258 e. The number of nitrogens with two attached hydrogens (primary N) is 1. The number of anilines is 3. The quantitative estimate of drug-likeness (QED) is 0.435. The molecule has 0 amide bonds. The number of alkyl halides is 2. The molecule has 0 spiro atoms. The van der Waals surface area contributed by atoms with E-state index in [0.29, 0.717) is 24.9 Å². The van der Waals surface area contributed by atoms with Crippen LogP contribution in [-0.4, -0.2) is 75.7 Å². The highest BCUT2D eigenvalue weighted by atomic mass is 19.3. The molecule has 11 heteroatoms. The second-order valence-corrected chi connectivity index (χ2v) is 10.0. The molecule has 9 nitrogen and oxygen atoms in total. The van der Waals surface area contributed by atoms with E-state index in [-0.39, 0.29) is 11.8 Å². The number of nitrogens with one attached hydrogen (secondary N) is 1. The van der Waals surface area contributed by atoms with E-state index in [1.165, 1.54) is 12.8 Å². The predicted molar refractivity (Wildman–Crippen MR) is 139 cm³/mol. The lowest BCUT2D eigenvalue weighted by Crippen LogP contribution is -2.37. The number of piperidine rings is 1. The Morgan fingerprint density at radius 1 is 1.19 bits per heavy atom. The Hall–Kier alpha value is -3.08. The van der Waals surface area contributed by atoms with E-state index in [1.54, 1.807) is 10.7 Å². The third-order valence-corrected chi connectivity index (χ3v) is 6.71. The first-order valence-corrected chi connectivity index (χ1v) is 12.6. The zero-order valence-corrected chi connectivity index (χ0v) is 21.6. The molecule has 1 atom stereocenters. The first kappa shape index (κ1) is 26.0. The monoisotopic (exact) mass is 501 g/mol. The Labute approximate surface area is 211 Å². The van der Waals surface area contributed by atoms with Gasteiger partial charge in [-0.25, -0.2) is 23.3 Å². The van der Waals surface area contributed by atoms with Gasteiger partial charge in [-0.1, -0.05) is 19.4 Å². The fourth-order valence-corrected chi connectivity index (χ4v) is 4.97. The van der Waals surface area contributed by atoms with Crippen LogP contribution in [0.2, 0.25) is 0 Å². The van der Waals surface area contributed by atoms with Crippen LogP contribution in [-0.2, 0) is 6.42 Å². The van der Waals surface area contributed by atoms with Crippen molar-refractivity contribution in [3.05, 3.63) is 35.3 Å². The lowest BCUT2D eigenvalue weighted by molar-refractivity contribution is 0.119. The van der Waals surface area contributed by atoms with E-state index < -0.39 is 12.5 Å². The van der Waals surface area contributed by atoms with Gasteiger partial charge in [0.1, 0.15) is 5.82 Å². The number of nitrogen functional groups attached to an aromatic ring is 1. The molecule has 0 aromatic carbocycles. The molecular formula is C25H37F2N9. The van der Waals surface area contributed by atoms with Gasteiger partial charge in [-0.2, -0.15) is 4.98 Å². The molecule has 0 unspecified atom stereocenters. The van der Waals surface area contributed by atoms with Crippen molar-refractivity contribution < 1.29 is 8.78 Å². The third kappa shape index (κ3) is 6.00. The van der Waals surface area contributed by atoms with Gasteiger partial charge in [0, 0.05) is 32.3 Å². The molecule has 0 radical (unpaired) electrons. The first-order chi connectivity index (χ1) is 17.2. The van der Waals surface area contributed by atoms with E-state index in [9.17, 15) is 8.78 Å². The minimum Gasteiger partial charge on any atom is -0.380 e. The largest absolute Gasteiger partial charge is 0.380 e. The summed E-state index contributed by atoms with van der Waals surface area (Å²) in [6.07, 6.45) is 4.86. The predicted octanol–water partition coefficient (Wildman–Crippen LogP) is 3.62. The van der Waals surface area contributed by atoms with Crippen LogP contribution in [0.25, 0.3) is 5.65 Å². The number of aromatic nitrogens is 5. The summed E-state index contributed by atoms with van der Waals surface area (Å²) in [5.74, 6) is 1.98. The zero-order valence-electron chi connectivity index (χ0n) is 21.6. The molecule has 36 heavy (non-hydrogen) atoms. The Kier molecular flexibility index (Phi) is 8.17. The number of halogens is 2. The normalized spacial score (nSPS) is 15.8. The van der Waals surface area contributed by atoms with Crippen molar-refractivity contribution in [2.75, 3.05) is 49.7 Å². The molecular weight excluding hydrogens is 464 g/mol. The lowest BCUT2D eigenvalue weighted by atomic mass is 9.96. The molecule has 3 aromatic heterocycles. The van der Waals surface area contributed by atoms with Crippen LogP contribution in [0.5, 0.6) is 0 Å². The van der Waals surface area contributed by atoms with Gasteiger partial charge in [0.2, 0.25) is 5.95 Å². The molecule has 4 heterocycles. The SMILES string of the molecule is CCC[C@H](Nc1nc(N)c2ncc(Cc3cnc(N4CCC(CN(C)C)CC4)c(C)c3)n2n1)C(F)F. The minimum absolute atomic E-state index is 0.0697. The maximum atomic E-state index is 13.4. The Bertz CT molecular complexity index is 1160. The summed E-state index contributed by atoms with van der Waals surface area (Å²) in [6.45, 7) is 7.11. The van der Waals surface area contributed by atoms with Gasteiger partial charge in [0.15, 0.2) is 11.5 Å². The molecule has 0 aliphatic carbocycles. The van der Waals surface area contributed by atoms with Crippen LogP contribution in [0.3, 0.4) is 0 Å². The molecule has 4 rings (SSSR count). The van der Waals surface area contributed by atoms with E-state index >= 15 is 0 Å². The molecule has 1 fully saturated rings. The molecule has 3 aromatic rings. The molecule has 1 saturated heterocycles. The second-order valence-electron chi connectivity index (χ2n) is 10.0. The summed E-state index contributed by atoms with van der Waals surface area (Å²) in [7, 11) is 4.26. The number of nitrogens with zero attached hydrogens (tertiary/aromatic N) is 7. The Morgan fingerprint density at radius 3 is 2.58 bits per heavy atom. The second kappa shape index (κ2) is 11.3. The van der Waals surface area contributed by atoms with Crippen molar-refractivity contribution in [2.24, 2.45) is 5.92 Å². The van der Waals surface area contributed by atoms with Crippen LogP contribution in [0.1, 0.15) is 49.4 Å². The maximum absolute atomic E-state index is 13.4. The number of aryl methyl sites for hydroxylation is 1. The summed E-state index contributed by atoms with van der Waals surface area (Å²) >= 11 is 0. The number of hydrogen-bond donors (Lipinski definition) is 2. The first-order valence-electron chi connectivity index (χ1n) is 12.6. The summed E-state index contributed by atoms with van der Waals surface area (Å²) in [4.78, 5) is 17.9. The van der Waals surface area contributed by atoms with Gasteiger partial charge in [0.05, 0.1) is 17.9 Å². The highest BCUT2D eigenvalue weighted by molar-refractivity contribution is 5.61. The summed E-state index contributed by atoms with van der Waals surface area (Å²) in [5, 5.41) is 7.16.